The zero-order valence-corrected chi connectivity index (χ0v) is 14.6. The van der Waals surface area contributed by atoms with E-state index < -0.39 is 0 Å². The van der Waals surface area contributed by atoms with Crippen molar-refractivity contribution in [2.24, 2.45) is 0 Å². The van der Waals surface area contributed by atoms with Crippen molar-refractivity contribution >= 4 is 28.3 Å². The first-order chi connectivity index (χ1) is 11.6. The Kier molecular flexibility index (Phi) is 4.97. The number of imidazole rings is 1. The summed E-state index contributed by atoms with van der Waals surface area (Å²) in [6.07, 6.45) is 0.706. The fraction of sp³-hybridized carbons (Fsp3) is 0.333. The number of amides is 1. The second-order valence-electron chi connectivity index (χ2n) is 5.86. The highest BCUT2D eigenvalue weighted by Crippen LogP contribution is 2.20. The number of aromatic amines is 1. The van der Waals surface area contributed by atoms with Gasteiger partial charge in [0.25, 0.3) is 5.91 Å². The lowest BCUT2D eigenvalue weighted by molar-refractivity contribution is 0.0564. The van der Waals surface area contributed by atoms with Gasteiger partial charge in [0, 0.05) is 12.1 Å². The molecule has 5 nitrogen and oxygen atoms in total. The number of H-pyrrole nitrogens is 1. The van der Waals surface area contributed by atoms with Gasteiger partial charge >= 0.3 is 0 Å². The van der Waals surface area contributed by atoms with Crippen LogP contribution in [0.25, 0.3) is 11.0 Å². The van der Waals surface area contributed by atoms with Crippen molar-refractivity contribution in [1.82, 2.24) is 14.9 Å². The summed E-state index contributed by atoms with van der Waals surface area (Å²) in [6.45, 7) is 4.33. The first kappa shape index (κ1) is 16.7. The molecule has 2 aromatic heterocycles. The molecule has 0 aliphatic heterocycles. The normalized spacial score (nSPS) is 12.5. The van der Waals surface area contributed by atoms with Crippen molar-refractivity contribution in [3.8, 4) is 0 Å². The van der Waals surface area contributed by atoms with Crippen LogP contribution < -0.4 is 0 Å². The second kappa shape index (κ2) is 7.15. The number of thiophene rings is 1. The largest absolute Gasteiger partial charge is 0.394 e. The fourth-order valence-electron chi connectivity index (χ4n) is 2.83. The Morgan fingerprint density at radius 1 is 1.42 bits per heavy atom. The number of aliphatic hydroxyl groups is 1. The van der Waals surface area contributed by atoms with Gasteiger partial charge in [-0.05, 0) is 53.9 Å². The van der Waals surface area contributed by atoms with E-state index >= 15 is 0 Å². The highest BCUT2D eigenvalue weighted by atomic mass is 32.1. The van der Waals surface area contributed by atoms with Crippen LogP contribution in [-0.4, -0.2) is 38.5 Å². The topological polar surface area (TPSA) is 69.2 Å². The zero-order chi connectivity index (χ0) is 17.1. The van der Waals surface area contributed by atoms with Gasteiger partial charge in [-0.3, -0.25) is 4.79 Å². The molecular formula is C18H21N3O2S. The number of carbonyl (C=O) groups is 1. The third-order valence-corrected chi connectivity index (χ3v) is 4.90. The van der Waals surface area contributed by atoms with E-state index in [2.05, 4.69) is 9.97 Å². The molecule has 1 aromatic carbocycles. The van der Waals surface area contributed by atoms with Gasteiger partial charge in [-0.25, -0.2) is 4.98 Å². The molecule has 1 atom stereocenters. The third-order valence-electron chi connectivity index (χ3n) is 4.16. The van der Waals surface area contributed by atoms with Crippen molar-refractivity contribution in [3.63, 3.8) is 0 Å². The van der Waals surface area contributed by atoms with Crippen molar-refractivity contribution in [1.29, 1.82) is 0 Å². The van der Waals surface area contributed by atoms with Crippen LogP contribution in [0.3, 0.4) is 0 Å². The molecule has 0 unspecified atom stereocenters. The number of hydrogen-bond donors (Lipinski definition) is 2. The first-order valence-electron chi connectivity index (χ1n) is 8.01. The number of fused-ring (bicyclic) bond motifs is 1. The molecule has 0 bridgehead atoms. The van der Waals surface area contributed by atoms with E-state index in [-0.39, 0.29) is 18.6 Å². The van der Waals surface area contributed by atoms with E-state index in [1.54, 1.807) is 22.3 Å². The number of benzene rings is 1. The lowest BCUT2D eigenvalue weighted by Crippen LogP contribution is -2.41. The van der Waals surface area contributed by atoms with Crippen LogP contribution in [0.4, 0.5) is 0 Å². The van der Waals surface area contributed by atoms with Crippen molar-refractivity contribution in [2.75, 3.05) is 6.61 Å². The number of nitrogens with zero attached hydrogens (tertiary/aromatic N) is 2. The van der Waals surface area contributed by atoms with Gasteiger partial charge < -0.3 is 15.0 Å². The molecule has 6 heteroatoms. The first-order valence-corrected chi connectivity index (χ1v) is 8.96. The number of rotatable bonds is 6. The Labute approximate surface area is 145 Å². The molecule has 3 rings (SSSR count). The Balaban J connectivity index is 1.93. The minimum absolute atomic E-state index is 0.0439. The van der Waals surface area contributed by atoms with E-state index in [1.165, 1.54) is 0 Å². The Hall–Kier alpha value is -2.18. The number of aromatic nitrogens is 2. The molecule has 0 fully saturated rings. The molecule has 0 saturated carbocycles. The summed E-state index contributed by atoms with van der Waals surface area (Å²) in [7, 11) is 0. The molecule has 0 radical (unpaired) electrons. The predicted octanol–water partition coefficient (Wildman–Crippen LogP) is 3.35. The van der Waals surface area contributed by atoms with Gasteiger partial charge in [0.05, 0.1) is 23.7 Å². The van der Waals surface area contributed by atoms with Crippen molar-refractivity contribution in [3.05, 3.63) is 52.0 Å². The minimum Gasteiger partial charge on any atom is -0.394 e. The molecule has 1 amide bonds. The molecule has 2 heterocycles. The van der Waals surface area contributed by atoms with Gasteiger partial charge in [-0.15, -0.1) is 0 Å². The van der Waals surface area contributed by atoms with Crippen LogP contribution in [-0.2, 0) is 6.54 Å². The van der Waals surface area contributed by atoms with Crippen LogP contribution >= 0.6 is 11.3 Å². The maximum absolute atomic E-state index is 13.1. The maximum Gasteiger partial charge on any atom is 0.254 e. The molecule has 24 heavy (non-hydrogen) atoms. The maximum atomic E-state index is 13.1. The van der Waals surface area contributed by atoms with Gasteiger partial charge in [0.2, 0.25) is 0 Å². The average Bonchev–Trinajstić information content (AvgIpc) is 3.21. The SMILES string of the molecule is CC[C@@H](CO)N(Cc1ccsc1)C(=O)c1ccc2nc(C)[nH]c2c1. The van der Waals surface area contributed by atoms with E-state index in [1.807, 2.05) is 42.8 Å². The van der Waals surface area contributed by atoms with E-state index in [0.717, 1.165) is 22.4 Å². The van der Waals surface area contributed by atoms with E-state index in [0.29, 0.717) is 18.5 Å². The van der Waals surface area contributed by atoms with Crippen LogP contribution in [0.15, 0.2) is 35.0 Å². The minimum atomic E-state index is -0.198. The third kappa shape index (κ3) is 3.34. The lowest BCUT2D eigenvalue weighted by Gasteiger charge is -2.30. The monoisotopic (exact) mass is 343 g/mol. The Morgan fingerprint density at radius 2 is 2.25 bits per heavy atom. The van der Waals surface area contributed by atoms with Gasteiger partial charge in [0.1, 0.15) is 5.82 Å². The predicted molar refractivity (Wildman–Crippen MR) is 96.2 cm³/mol. The summed E-state index contributed by atoms with van der Waals surface area (Å²) in [6, 6.07) is 7.31. The molecule has 126 valence electrons. The highest BCUT2D eigenvalue weighted by molar-refractivity contribution is 7.07. The zero-order valence-electron chi connectivity index (χ0n) is 13.8. The molecule has 0 aliphatic rings. The number of hydrogen-bond acceptors (Lipinski definition) is 4. The number of carbonyl (C=O) groups excluding carboxylic acids is 1. The van der Waals surface area contributed by atoms with Crippen LogP contribution in [0.5, 0.6) is 0 Å². The number of aryl methyl sites for hydroxylation is 1. The summed E-state index contributed by atoms with van der Waals surface area (Å²) in [5, 5.41) is 13.7. The van der Waals surface area contributed by atoms with Gasteiger partial charge in [-0.1, -0.05) is 6.92 Å². The summed E-state index contributed by atoms with van der Waals surface area (Å²) in [4.78, 5) is 22.4. The smallest absolute Gasteiger partial charge is 0.254 e. The van der Waals surface area contributed by atoms with E-state index in [4.69, 9.17) is 0 Å². The summed E-state index contributed by atoms with van der Waals surface area (Å²) < 4.78 is 0. The molecule has 0 saturated heterocycles. The Morgan fingerprint density at radius 3 is 2.92 bits per heavy atom. The fourth-order valence-corrected chi connectivity index (χ4v) is 3.49. The van der Waals surface area contributed by atoms with Crippen molar-refractivity contribution < 1.29 is 9.90 Å². The van der Waals surface area contributed by atoms with Crippen molar-refractivity contribution in [2.45, 2.75) is 32.9 Å². The van der Waals surface area contributed by atoms with Gasteiger partial charge in [-0.2, -0.15) is 11.3 Å². The second-order valence-corrected chi connectivity index (χ2v) is 6.64. The standard InChI is InChI=1S/C18H21N3O2S/c1-3-15(10-22)21(9-13-6-7-24-11-13)18(23)14-4-5-16-17(8-14)20-12(2)19-16/h4-8,11,15,22H,3,9-10H2,1-2H3,(H,19,20)/t15-/m0/s1. The van der Waals surface area contributed by atoms with Crippen LogP contribution in [0, 0.1) is 6.92 Å². The van der Waals surface area contributed by atoms with Crippen LogP contribution in [0.2, 0.25) is 0 Å². The average molecular weight is 343 g/mol. The Bertz CT molecular complexity index is 822. The molecular weight excluding hydrogens is 322 g/mol. The quantitative estimate of drug-likeness (QED) is 0.721. The molecule has 0 spiro atoms. The van der Waals surface area contributed by atoms with Gasteiger partial charge in [0.15, 0.2) is 0 Å². The molecule has 2 N–H and O–H groups in total. The summed E-state index contributed by atoms with van der Waals surface area (Å²) in [5.41, 5.74) is 3.39. The van der Waals surface area contributed by atoms with E-state index in [9.17, 15) is 9.90 Å². The highest BCUT2D eigenvalue weighted by Gasteiger charge is 2.24. The number of aliphatic hydroxyl groups excluding tert-OH is 1. The summed E-state index contributed by atoms with van der Waals surface area (Å²) >= 11 is 1.61. The summed E-state index contributed by atoms with van der Waals surface area (Å²) in [5.74, 6) is 0.753. The number of nitrogens with one attached hydrogen (secondary N) is 1. The molecule has 0 aliphatic carbocycles. The lowest BCUT2D eigenvalue weighted by atomic mass is 10.1. The van der Waals surface area contributed by atoms with Crippen LogP contribution in [0.1, 0.15) is 35.1 Å². The molecule has 3 aromatic rings.